The number of amides is 1. The molecule has 25 heavy (non-hydrogen) atoms. The number of anilines is 1. The van der Waals surface area contributed by atoms with E-state index in [9.17, 15) is 4.79 Å². The summed E-state index contributed by atoms with van der Waals surface area (Å²) in [7, 11) is 1.58. The quantitative estimate of drug-likeness (QED) is 0.592. The Morgan fingerprint density at radius 2 is 2.08 bits per heavy atom. The molecule has 1 aromatic heterocycles. The largest absolute Gasteiger partial charge is 0.495 e. The van der Waals surface area contributed by atoms with E-state index >= 15 is 0 Å². The van der Waals surface area contributed by atoms with Gasteiger partial charge in [0.25, 0.3) is 0 Å². The van der Waals surface area contributed by atoms with Crippen LogP contribution in [0.2, 0.25) is 5.02 Å². The molecule has 5 nitrogen and oxygen atoms in total. The van der Waals surface area contributed by atoms with E-state index in [4.69, 9.17) is 22.1 Å². The second-order valence-corrected chi connectivity index (χ2v) is 6.65. The number of aromatic nitrogens is 1. The molecule has 1 heterocycles. The van der Waals surface area contributed by atoms with Crippen LogP contribution in [0.5, 0.6) is 5.75 Å². The molecule has 0 atom stereocenters. The van der Waals surface area contributed by atoms with Crippen molar-refractivity contribution in [1.29, 1.82) is 0 Å². The monoisotopic (exact) mass is 403 g/mol. The SMILES string of the molecule is COc1ccc(-c2csc(NC(=O)CCCCCCN)n2)cc1Cl.Cl. The molecule has 2 aromatic rings. The molecule has 0 spiro atoms. The van der Waals surface area contributed by atoms with Crippen LogP contribution in [0.25, 0.3) is 11.3 Å². The maximum absolute atomic E-state index is 11.9. The molecule has 0 aliphatic rings. The minimum atomic E-state index is -0.00332. The van der Waals surface area contributed by atoms with Gasteiger partial charge in [0.15, 0.2) is 5.13 Å². The van der Waals surface area contributed by atoms with Gasteiger partial charge in [-0.3, -0.25) is 4.79 Å². The van der Waals surface area contributed by atoms with Crippen LogP contribution in [-0.2, 0) is 4.79 Å². The fraction of sp³-hybridized carbons (Fsp3) is 0.412. The van der Waals surface area contributed by atoms with Gasteiger partial charge in [0.1, 0.15) is 5.75 Å². The maximum atomic E-state index is 11.9. The first kappa shape index (κ1) is 21.7. The number of thiazole rings is 1. The van der Waals surface area contributed by atoms with Crippen LogP contribution in [0.4, 0.5) is 5.13 Å². The zero-order valence-electron chi connectivity index (χ0n) is 14.1. The van der Waals surface area contributed by atoms with Gasteiger partial charge in [0.2, 0.25) is 5.91 Å². The summed E-state index contributed by atoms with van der Waals surface area (Å²) in [4.78, 5) is 16.4. The number of halogens is 2. The molecule has 2 rings (SSSR count). The molecule has 8 heteroatoms. The first-order valence-electron chi connectivity index (χ1n) is 7.93. The fourth-order valence-electron chi connectivity index (χ4n) is 2.25. The van der Waals surface area contributed by atoms with Crippen molar-refractivity contribution in [2.45, 2.75) is 32.1 Å². The first-order chi connectivity index (χ1) is 11.6. The Labute approximate surface area is 163 Å². The molecule has 0 aliphatic carbocycles. The van der Waals surface area contributed by atoms with E-state index in [0.717, 1.165) is 36.9 Å². The van der Waals surface area contributed by atoms with Crippen LogP contribution in [-0.4, -0.2) is 24.5 Å². The number of unbranched alkanes of at least 4 members (excludes halogenated alkanes) is 3. The number of nitrogens with zero attached hydrogens (tertiary/aromatic N) is 1. The van der Waals surface area contributed by atoms with Crippen molar-refractivity contribution in [2.75, 3.05) is 19.0 Å². The van der Waals surface area contributed by atoms with E-state index in [2.05, 4.69) is 10.3 Å². The van der Waals surface area contributed by atoms with Gasteiger partial charge >= 0.3 is 0 Å². The zero-order valence-corrected chi connectivity index (χ0v) is 16.5. The molecule has 0 saturated carbocycles. The van der Waals surface area contributed by atoms with Crippen LogP contribution in [0, 0.1) is 0 Å². The van der Waals surface area contributed by atoms with Crippen LogP contribution in [0.15, 0.2) is 23.6 Å². The van der Waals surface area contributed by atoms with Crippen molar-refractivity contribution in [1.82, 2.24) is 4.98 Å². The number of carbonyl (C=O) groups is 1. The zero-order chi connectivity index (χ0) is 17.4. The smallest absolute Gasteiger partial charge is 0.226 e. The Balaban J connectivity index is 0.00000312. The molecule has 0 bridgehead atoms. The summed E-state index contributed by atoms with van der Waals surface area (Å²) in [6, 6.07) is 5.50. The standard InChI is InChI=1S/C17H22ClN3O2S.ClH/c1-23-15-8-7-12(10-13(15)18)14-11-24-17(20-14)21-16(22)6-4-2-3-5-9-19;/h7-8,10-11H,2-6,9,19H2,1H3,(H,20,21,22);1H. The van der Waals surface area contributed by atoms with Gasteiger partial charge in [-0.2, -0.15) is 0 Å². The molecule has 0 saturated heterocycles. The predicted molar refractivity (Wildman–Crippen MR) is 107 cm³/mol. The Morgan fingerprint density at radius 1 is 1.32 bits per heavy atom. The summed E-state index contributed by atoms with van der Waals surface area (Å²) >= 11 is 7.54. The van der Waals surface area contributed by atoms with Gasteiger partial charge < -0.3 is 15.8 Å². The Kier molecular flexibility index (Phi) is 9.82. The van der Waals surface area contributed by atoms with Gasteiger partial charge in [0, 0.05) is 17.4 Å². The second kappa shape index (κ2) is 11.3. The first-order valence-corrected chi connectivity index (χ1v) is 9.19. The predicted octanol–water partition coefficient (Wildman–Crippen LogP) is 4.74. The van der Waals surface area contributed by atoms with Crippen molar-refractivity contribution >= 4 is 46.4 Å². The minimum absolute atomic E-state index is 0. The van der Waals surface area contributed by atoms with Crippen LogP contribution in [0.1, 0.15) is 32.1 Å². The number of benzene rings is 1. The molecule has 0 aliphatic heterocycles. The Hall–Kier alpha value is -1.34. The minimum Gasteiger partial charge on any atom is -0.495 e. The highest BCUT2D eigenvalue weighted by molar-refractivity contribution is 7.14. The maximum Gasteiger partial charge on any atom is 0.226 e. The summed E-state index contributed by atoms with van der Waals surface area (Å²) in [6.45, 7) is 0.712. The van der Waals surface area contributed by atoms with Crippen molar-refractivity contribution < 1.29 is 9.53 Å². The molecule has 3 N–H and O–H groups in total. The molecular weight excluding hydrogens is 381 g/mol. The molecule has 138 valence electrons. The fourth-order valence-corrected chi connectivity index (χ4v) is 3.25. The molecular formula is C17H23Cl2N3O2S. The summed E-state index contributed by atoms with van der Waals surface area (Å²) in [6.07, 6.45) is 4.50. The van der Waals surface area contributed by atoms with Crippen LogP contribution in [0.3, 0.4) is 0 Å². The van der Waals surface area contributed by atoms with Gasteiger partial charge in [-0.15, -0.1) is 23.7 Å². The van der Waals surface area contributed by atoms with Gasteiger partial charge in [0.05, 0.1) is 17.8 Å². The summed E-state index contributed by atoms with van der Waals surface area (Å²) in [5.74, 6) is 0.621. The van der Waals surface area contributed by atoms with E-state index in [1.807, 2.05) is 11.4 Å². The molecule has 0 fully saturated rings. The highest BCUT2D eigenvalue weighted by Crippen LogP contribution is 2.31. The van der Waals surface area contributed by atoms with Gasteiger partial charge in [-0.25, -0.2) is 4.98 Å². The third-order valence-corrected chi connectivity index (χ3v) is 4.61. The molecule has 1 amide bonds. The third kappa shape index (κ3) is 6.82. The lowest BCUT2D eigenvalue weighted by atomic mass is 10.1. The Bertz CT molecular complexity index is 680. The summed E-state index contributed by atoms with van der Waals surface area (Å²) in [5, 5.41) is 5.88. The van der Waals surface area contributed by atoms with E-state index in [0.29, 0.717) is 28.9 Å². The van der Waals surface area contributed by atoms with Crippen LogP contribution < -0.4 is 15.8 Å². The van der Waals surface area contributed by atoms with E-state index in [-0.39, 0.29) is 18.3 Å². The van der Waals surface area contributed by atoms with Crippen LogP contribution >= 0.6 is 35.3 Å². The number of rotatable bonds is 9. The number of nitrogens with one attached hydrogen (secondary N) is 1. The number of hydrogen-bond donors (Lipinski definition) is 2. The van der Waals surface area contributed by atoms with Crippen molar-refractivity contribution in [3.8, 4) is 17.0 Å². The van der Waals surface area contributed by atoms with E-state index < -0.39 is 0 Å². The number of ether oxygens (including phenoxy) is 1. The summed E-state index contributed by atoms with van der Waals surface area (Å²) < 4.78 is 5.14. The number of methoxy groups -OCH3 is 1. The topological polar surface area (TPSA) is 77.2 Å². The number of hydrogen-bond acceptors (Lipinski definition) is 5. The lowest BCUT2D eigenvalue weighted by molar-refractivity contribution is -0.116. The lowest BCUT2D eigenvalue weighted by Crippen LogP contribution is -2.10. The highest BCUT2D eigenvalue weighted by atomic mass is 35.5. The van der Waals surface area contributed by atoms with Gasteiger partial charge in [-0.1, -0.05) is 24.4 Å². The van der Waals surface area contributed by atoms with Crippen molar-refractivity contribution in [3.63, 3.8) is 0 Å². The van der Waals surface area contributed by atoms with E-state index in [1.165, 1.54) is 11.3 Å². The van der Waals surface area contributed by atoms with Crippen molar-refractivity contribution in [2.24, 2.45) is 5.73 Å². The summed E-state index contributed by atoms with van der Waals surface area (Å²) in [5.41, 5.74) is 7.12. The number of nitrogens with two attached hydrogens (primary N) is 1. The van der Waals surface area contributed by atoms with Crippen molar-refractivity contribution in [3.05, 3.63) is 28.6 Å². The number of carbonyl (C=O) groups excluding carboxylic acids is 1. The van der Waals surface area contributed by atoms with E-state index in [1.54, 1.807) is 19.2 Å². The Morgan fingerprint density at radius 3 is 2.76 bits per heavy atom. The molecule has 0 radical (unpaired) electrons. The van der Waals surface area contributed by atoms with Gasteiger partial charge in [-0.05, 0) is 37.6 Å². The second-order valence-electron chi connectivity index (χ2n) is 5.39. The molecule has 0 unspecified atom stereocenters. The normalized spacial score (nSPS) is 10.2. The molecule has 1 aromatic carbocycles. The average Bonchev–Trinajstić information content (AvgIpc) is 3.03. The highest BCUT2D eigenvalue weighted by Gasteiger charge is 2.10. The third-order valence-electron chi connectivity index (χ3n) is 3.56. The average molecular weight is 404 g/mol. The lowest BCUT2D eigenvalue weighted by Gasteiger charge is -2.04.